The third kappa shape index (κ3) is 7.86. The Morgan fingerprint density at radius 1 is 1.14 bits per heavy atom. The van der Waals surface area contributed by atoms with Crippen molar-refractivity contribution in [2.75, 3.05) is 0 Å². The molecule has 21 heavy (non-hydrogen) atoms. The van der Waals surface area contributed by atoms with Gasteiger partial charge in [-0.05, 0) is 31.7 Å². The number of nitrogens with two attached hydrogens (primary N) is 1. The molecule has 0 saturated heterocycles. The summed E-state index contributed by atoms with van der Waals surface area (Å²) >= 11 is 0. The molecule has 0 radical (unpaired) electrons. The van der Waals surface area contributed by atoms with Gasteiger partial charge in [0.05, 0.1) is 6.04 Å². The van der Waals surface area contributed by atoms with E-state index in [9.17, 15) is 4.79 Å². The summed E-state index contributed by atoms with van der Waals surface area (Å²) < 4.78 is 0. The van der Waals surface area contributed by atoms with Crippen molar-refractivity contribution in [2.24, 2.45) is 5.73 Å². The second kappa shape index (κ2) is 10.4. The van der Waals surface area contributed by atoms with Crippen LogP contribution in [0.4, 0.5) is 0 Å². The molecule has 1 rings (SSSR count). The molecule has 0 heterocycles. The van der Waals surface area contributed by atoms with Crippen LogP contribution in [-0.4, -0.2) is 18.0 Å². The minimum atomic E-state index is -0.414. The van der Waals surface area contributed by atoms with E-state index in [0.717, 1.165) is 12.8 Å². The van der Waals surface area contributed by atoms with Gasteiger partial charge in [-0.15, -0.1) is 0 Å². The Bertz CT molecular complexity index is 391. The summed E-state index contributed by atoms with van der Waals surface area (Å²) in [4.78, 5) is 12.0. The van der Waals surface area contributed by atoms with E-state index in [1.54, 1.807) is 0 Å². The third-order valence-corrected chi connectivity index (χ3v) is 3.80. The van der Waals surface area contributed by atoms with E-state index in [1.165, 1.54) is 31.2 Å². The molecule has 0 fully saturated rings. The molecule has 0 aliphatic heterocycles. The van der Waals surface area contributed by atoms with E-state index in [2.05, 4.69) is 31.3 Å². The van der Waals surface area contributed by atoms with E-state index >= 15 is 0 Å². The summed E-state index contributed by atoms with van der Waals surface area (Å²) in [6.07, 6.45) is 7.52. The molecule has 0 saturated carbocycles. The van der Waals surface area contributed by atoms with E-state index in [4.69, 9.17) is 5.73 Å². The molecule has 0 spiro atoms. The quantitative estimate of drug-likeness (QED) is 0.649. The molecular weight excluding hydrogens is 260 g/mol. The number of benzene rings is 1. The van der Waals surface area contributed by atoms with Crippen molar-refractivity contribution in [1.82, 2.24) is 5.32 Å². The zero-order chi connectivity index (χ0) is 15.5. The van der Waals surface area contributed by atoms with Gasteiger partial charge in [-0.25, -0.2) is 0 Å². The fraction of sp³-hybridized carbons (Fsp3) is 0.611. The molecule has 118 valence electrons. The Labute approximate surface area is 129 Å². The number of carbonyl (C=O) groups excluding carboxylic acids is 1. The maximum atomic E-state index is 12.0. The summed E-state index contributed by atoms with van der Waals surface area (Å²) in [6.45, 7) is 4.27. The van der Waals surface area contributed by atoms with Crippen molar-refractivity contribution in [3.05, 3.63) is 35.9 Å². The van der Waals surface area contributed by atoms with Crippen LogP contribution in [0.5, 0.6) is 0 Å². The van der Waals surface area contributed by atoms with Gasteiger partial charge in [0.2, 0.25) is 5.91 Å². The van der Waals surface area contributed by atoms with E-state index < -0.39 is 6.04 Å². The topological polar surface area (TPSA) is 55.1 Å². The summed E-state index contributed by atoms with van der Waals surface area (Å²) in [6, 6.07) is 9.97. The lowest BCUT2D eigenvalue weighted by molar-refractivity contribution is -0.123. The molecule has 3 nitrogen and oxygen atoms in total. The van der Waals surface area contributed by atoms with Gasteiger partial charge in [-0.2, -0.15) is 0 Å². The van der Waals surface area contributed by atoms with Crippen LogP contribution in [0.25, 0.3) is 0 Å². The number of nitrogens with one attached hydrogen (secondary N) is 1. The third-order valence-electron chi connectivity index (χ3n) is 3.80. The van der Waals surface area contributed by atoms with Gasteiger partial charge in [0.1, 0.15) is 0 Å². The van der Waals surface area contributed by atoms with Gasteiger partial charge in [-0.3, -0.25) is 4.79 Å². The first-order valence-corrected chi connectivity index (χ1v) is 8.23. The van der Waals surface area contributed by atoms with E-state index in [1.807, 2.05) is 18.2 Å². The number of rotatable bonds is 10. The minimum Gasteiger partial charge on any atom is -0.352 e. The van der Waals surface area contributed by atoms with Crippen LogP contribution >= 0.6 is 0 Å². The Balaban J connectivity index is 2.21. The van der Waals surface area contributed by atoms with Crippen molar-refractivity contribution in [3.8, 4) is 0 Å². The van der Waals surface area contributed by atoms with E-state index in [0.29, 0.717) is 6.42 Å². The minimum absolute atomic E-state index is 0.0195. The van der Waals surface area contributed by atoms with Gasteiger partial charge in [0.15, 0.2) is 0 Å². The molecule has 0 bridgehead atoms. The zero-order valence-electron chi connectivity index (χ0n) is 13.5. The standard InChI is InChI=1S/C18H30N2O/c1-3-4-5-7-10-15(2)20-18(21)17(19)14-13-16-11-8-6-9-12-16/h6,8-9,11-12,15,17H,3-5,7,10,13-14,19H2,1-2H3,(H,20,21)/t15?,17-/m0/s1. The first kappa shape index (κ1) is 17.7. The van der Waals surface area contributed by atoms with Gasteiger partial charge < -0.3 is 11.1 Å². The number of carbonyl (C=O) groups is 1. The predicted octanol–water partition coefficient (Wildman–Crippen LogP) is 3.42. The number of hydrogen-bond donors (Lipinski definition) is 2. The second-order valence-corrected chi connectivity index (χ2v) is 5.89. The molecule has 0 aliphatic rings. The fourth-order valence-corrected chi connectivity index (χ4v) is 2.40. The summed E-state index contributed by atoms with van der Waals surface area (Å²) in [5, 5.41) is 3.03. The molecule has 3 heteroatoms. The molecule has 1 aromatic carbocycles. The average molecular weight is 290 g/mol. The molecule has 1 amide bonds. The number of amides is 1. The highest BCUT2D eigenvalue weighted by Crippen LogP contribution is 2.07. The van der Waals surface area contributed by atoms with Crippen molar-refractivity contribution in [1.29, 1.82) is 0 Å². The maximum absolute atomic E-state index is 12.0. The maximum Gasteiger partial charge on any atom is 0.237 e. The SMILES string of the molecule is CCCCCCC(C)NC(=O)[C@@H](N)CCc1ccccc1. The summed E-state index contributed by atoms with van der Waals surface area (Å²) in [5.74, 6) is -0.0195. The smallest absolute Gasteiger partial charge is 0.237 e. The van der Waals surface area contributed by atoms with Gasteiger partial charge in [-0.1, -0.05) is 62.9 Å². The lowest BCUT2D eigenvalue weighted by atomic mass is 10.0. The molecule has 1 unspecified atom stereocenters. The van der Waals surface area contributed by atoms with Gasteiger partial charge in [0, 0.05) is 6.04 Å². The van der Waals surface area contributed by atoms with Crippen LogP contribution in [0.3, 0.4) is 0 Å². The molecule has 3 N–H and O–H groups in total. The molecule has 0 aromatic heterocycles. The van der Waals surface area contributed by atoms with Gasteiger partial charge >= 0.3 is 0 Å². The Morgan fingerprint density at radius 3 is 2.52 bits per heavy atom. The molecular formula is C18H30N2O. The van der Waals surface area contributed by atoms with E-state index in [-0.39, 0.29) is 11.9 Å². The Hall–Kier alpha value is -1.35. The molecule has 0 aliphatic carbocycles. The number of aryl methyl sites for hydroxylation is 1. The van der Waals surface area contributed by atoms with Crippen molar-refractivity contribution < 1.29 is 4.79 Å². The zero-order valence-corrected chi connectivity index (χ0v) is 13.5. The summed E-state index contributed by atoms with van der Waals surface area (Å²) in [5.41, 5.74) is 7.21. The Morgan fingerprint density at radius 2 is 1.86 bits per heavy atom. The lowest BCUT2D eigenvalue weighted by Crippen LogP contribution is -2.44. The van der Waals surface area contributed by atoms with Crippen molar-refractivity contribution >= 4 is 5.91 Å². The van der Waals surface area contributed by atoms with Crippen molar-refractivity contribution in [2.45, 2.75) is 70.9 Å². The van der Waals surface area contributed by atoms with Crippen molar-refractivity contribution in [3.63, 3.8) is 0 Å². The largest absolute Gasteiger partial charge is 0.352 e. The predicted molar refractivity (Wildman–Crippen MR) is 89.1 cm³/mol. The number of hydrogen-bond acceptors (Lipinski definition) is 2. The monoisotopic (exact) mass is 290 g/mol. The highest BCUT2D eigenvalue weighted by Gasteiger charge is 2.15. The van der Waals surface area contributed by atoms with Crippen LogP contribution in [0.2, 0.25) is 0 Å². The Kier molecular flexibility index (Phi) is 8.76. The second-order valence-electron chi connectivity index (χ2n) is 5.89. The first-order chi connectivity index (χ1) is 10.1. The molecule has 2 atom stereocenters. The highest BCUT2D eigenvalue weighted by atomic mass is 16.2. The highest BCUT2D eigenvalue weighted by molar-refractivity contribution is 5.81. The fourth-order valence-electron chi connectivity index (χ4n) is 2.40. The lowest BCUT2D eigenvalue weighted by Gasteiger charge is -2.17. The first-order valence-electron chi connectivity index (χ1n) is 8.23. The normalized spacial score (nSPS) is 13.7. The van der Waals surface area contributed by atoms with Crippen LogP contribution < -0.4 is 11.1 Å². The summed E-state index contributed by atoms with van der Waals surface area (Å²) in [7, 11) is 0. The average Bonchev–Trinajstić information content (AvgIpc) is 2.50. The van der Waals surface area contributed by atoms with Gasteiger partial charge in [0.25, 0.3) is 0 Å². The van der Waals surface area contributed by atoms with Crippen LogP contribution in [0.15, 0.2) is 30.3 Å². The van der Waals surface area contributed by atoms with Crippen LogP contribution in [0.1, 0.15) is 57.9 Å². The number of unbranched alkanes of at least 4 members (excludes halogenated alkanes) is 3. The molecule has 1 aromatic rings. The van der Waals surface area contributed by atoms with Crippen LogP contribution in [-0.2, 0) is 11.2 Å². The van der Waals surface area contributed by atoms with Crippen LogP contribution in [0, 0.1) is 0 Å².